The normalized spacial score (nSPS) is 16.6. The third-order valence-electron chi connectivity index (χ3n) is 3.88. The van der Waals surface area contributed by atoms with Gasteiger partial charge in [0.25, 0.3) is 0 Å². The van der Waals surface area contributed by atoms with E-state index in [9.17, 15) is 13.2 Å². The maximum Gasteiger partial charge on any atom is 0.417 e. The predicted molar refractivity (Wildman–Crippen MR) is 81.0 cm³/mol. The van der Waals surface area contributed by atoms with Gasteiger partial charge in [-0.2, -0.15) is 13.2 Å². The number of pyridine rings is 2. The lowest BCUT2D eigenvalue weighted by molar-refractivity contribution is -0.137. The molecule has 0 amide bonds. The van der Waals surface area contributed by atoms with Crippen LogP contribution in [0.2, 0.25) is 0 Å². The van der Waals surface area contributed by atoms with Gasteiger partial charge >= 0.3 is 6.18 Å². The van der Waals surface area contributed by atoms with Crippen molar-refractivity contribution in [2.75, 3.05) is 31.1 Å². The van der Waals surface area contributed by atoms with E-state index in [4.69, 9.17) is 0 Å². The molecular weight excluding hydrogens is 305 g/mol. The summed E-state index contributed by atoms with van der Waals surface area (Å²) in [5.41, 5.74) is 0.309. The van der Waals surface area contributed by atoms with Gasteiger partial charge in [0.2, 0.25) is 0 Å². The molecule has 0 aromatic carbocycles. The van der Waals surface area contributed by atoms with Gasteiger partial charge in [0, 0.05) is 45.1 Å². The first kappa shape index (κ1) is 15.7. The van der Waals surface area contributed by atoms with E-state index in [0.29, 0.717) is 5.82 Å². The van der Waals surface area contributed by atoms with Crippen LogP contribution >= 0.6 is 0 Å². The molecule has 4 nitrogen and oxygen atoms in total. The molecule has 0 N–H and O–H groups in total. The number of hydrogen-bond acceptors (Lipinski definition) is 4. The molecule has 1 aliphatic rings. The highest BCUT2D eigenvalue weighted by atomic mass is 19.4. The van der Waals surface area contributed by atoms with E-state index in [1.165, 1.54) is 6.07 Å². The lowest BCUT2D eigenvalue weighted by atomic mass is 10.2. The first-order valence-electron chi connectivity index (χ1n) is 7.43. The molecule has 23 heavy (non-hydrogen) atoms. The lowest BCUT2D eigenvalue weighted by Crippen LogP contribution is -2.46. The summed E-state index contributed by atoms with van der Waals surface area (Å²) in [5.74, 6) is 0.593. The summed E-state index contributed by atoms with van der Waals surface area (Å²) in [6.45, 7) is 3.93. The van der Waals surface area contributed by atoms with Gasteiger partial charge in [-0.1, -0.05) is 6.07 Å². The van der Waals surface area contributed by atoms with Gasteiger partial charge in [-0.05, 0) is 24.3 Å². The molecule has 0 aliphatic carbocycles. The van der Waals surface area contributed by atoms with Gasteiger partial charge < -0.3 is 4.90 Å². The summed E-state index contributed by atoms with van der Waals surface area (Å²) in [6, 6.07) is 8.37. The molecule has 0 atom stereocenters. The van der Waals surface area contributed by atoms with Gasteiger partial charge in [0.15, 0.2) is 0 Å². The molecule has 0 radical (unpaired) electrons. The predicted octanol–water partition coefficient (Wildman–Crippen LogP) is 2.82. The Labute approximate surface area is 132 Å². The van der Waals surface area contributed by atoms with Crippen LogP contribution in [0.4, 0.5) is 19.0 Å². The highest BCUT2D eigenvalue weighted by molar-refractivity contribution is 5.40. The van der Waals surface area contributed by atoms with Crippen molar-refractivity contribution in [2.45, 2.75) is 12.7 Å². The van der Waals surface area contributed by atoms with E-state index in [1.807, 2.05) is 23.1 Å². The van der Waals surface area contributed by atoms with E-state index < -0.39 is 11.7 Å². The van der Waals surface area contributed by atoms with E-state index >= 15 is 0 Å². The van der Waals surface area contributed by atoms with Gasteiger partial charge in [-0.3, -0.25) is 9.88 Å². The molecule has 0 spiro atoms. The van der Waals surface area contributed by atoms with E-state index in [0.717, 1.165) is 50.7 Å². The van der Waals surface area contributed by atoms with E-state index in [-0.39, 0.29) is 0 Å². The first-order valence-corrected chi connectivity index (χ1v) is 7.43. The van der Waals surface area contributed by atoms with Crippen LogP contribution in [0.5, 0.6) is 0 Å². The maximum atomic E-state index is 12.6. The van der Waals surface area contributed by atoms with Crippen LogP contribution in [0.25, 0.3) is 0 Å². The molecule has 0 saturated carbocycles. The van der Waals surface area contributed by atoms with Crippen molar-refractivity contribution < 1.29 is 13.2 Å². The molecule has 0 bridgehead atoms. The van der Waals surface area contributed by atoms with Crippen LogP contribution in [0.15, 0.2) is 42.7 Å². The van der Waals surface area contributed by atoms with E-state index in [2.05, 4.69) is 14.9 Å². The number of halogens is 3. The Bertz CT molecular complexity index is 620. The van der Waals surface area contributed by atoms with Crippen molar-refractivity contribution in [3.63, 3.8) is 0 Å². The van der Waals surface area contributed by atoms with Crippen molar-refractivity contribution in [1.82, 2.24) is 14.9 Å². The number of rotatable bonds is 3. The third-order valence-corrected chi connectivity index (χ3v) is 3.88. The fourth-order valence-electron chi connectivity index (χ4n) is 2.60. The molecule has 7 heteroatoms. The largest absolute Gasteiger partial charge is 0.417 e. The number of hydrogen-bond donors (Lipinski definition) is 0. The van der Waals surface area contributed by atoms with Crippen LogP contribution in [-0.2, 0) is 12.7 Å². The third kappa shape index (κ3) is 3.98. The van der Waals surface area contributed by atoms with Crippen molar-refractivity contribution >= 4 is 5.82 Å². The Kier molecular flexibility index (Phi) is 4.47. The molecule has 0 unspecified atom stereocenters. The summed E-state index contributed by atoms with van der Waals surface area (Å²) in [4.78, 5) is 12.6. The summed E-state index contributed by atoms with van der Waals surface area (Å²) in [6.07, 6.45) is -1.67. The Morgan fingerprint density at radius 3 is 2.30 bits per heavy atom. The SMILES string of the molecule is FC(F)(F)c1ccc(N2CCN(Cc3ccccn3)CC2)nc1. The molecule has 1 saturated heterocycles. The van der Waals surface area contributed by atoms with Gasteiger partial charge in [-0.25, -0.2) is 4.98 Å². The summed E-state index contributed by atoms with van der Waals surface area (Å²) < 4.78 is 37.7. The second-order valence-electron chi connectivity index (χ2n) is 5.49. The fraction of sp³-hybridized carbons (Fsp3) is 0.375. The molecule has 1 aliphatic heterocycles. The maximum absolute atomic E-state index is 12.6. The van der Waals surface area contributed by atoms with Crippen LogP contribution in [0.1, 0.15) is 11.3 Å². The number of anilines is 1. The summed E-state index contributed by atoms with van der Waals surface area (Å²) >= 11 is 0. The Morgan fingerprint density at radius 2 is 1.74 bits per heavy atom. The molecule has 122 valence electrons. The highest BCUT2D eigenvalue weighted by Gasteiger charge is 2.31. The summed E-state index contributed by atoms with van der Waals surface area (Å²) in [7, 11) is 0. The molecule has 3 rings (SSSR count). The zero-order chi connectivity index (χ0) is 16.3. The molecule has 2 aromatic rings. The second-order valence-corrected chi connectivity index (χ2v) is 5.49. The fourth-order valence-corrected chi connectivity index (χ4v) is 2.60. The summed E-state index contributed by atoms with van der Waals surface area (Å²) in [5, 5.41) is 0. The van der Waals surface area contributed by atoms with Crippen LogP contribution < -0.4 is 4.90 Å². The van der Waals surface area contributed by atoms with E-state index in [1.54, 1.807) is 6.20 Å². The minimum absolute atomic E-state index is 0.593. The average molecular weight is 322 g/mol. The van der Waals surface area contributed by atoms with Gasteiger partial charge in [0.1, 0.15) is 5.82 Å². The lowest BCUT2D eigenvalue weighted by Gasteiger charge is -2.35. The molecule has 3 heterocycles. The topological polar surface area (TPSA) is 32.3 Å². The van der Waals surface area contributed by atoms with Crippen LogP contribution in [0, 0.1) is 0 Å². The minimum atomic E-state index is -4.34. The quantitative estimate of drug-likeness (QED) is 0.870. The molecular formula is C16H17F3N4. The Hall–Kier alpha value is -2.15. The number of alkyl halides is 3. The zero-order valence-electron chi connectivity index (χ0n) is 12.5. The van der Waals surface area contributed by atoms with Crippen LogP contribution in [-0.4, -0.2) is 41.0 Å². The average Bonchev–Trinajstić information content (AvgIpc) is 2.56. The number of aromatic nitrogens is 2. The van der Waals surface area contributed by atoms with Crippen molar-refractivity contribution in [3.8, 4) is 0 Å². The highest BCUT2D eigenvalue weighted by Crippen LogP contribution is 2.29. The van der Waals surface area contributed by atoms with Crippen molar-refractivity contribution in [1.29, 1.82) is 0 Å². The van der Waals surface area contributed by atoms with Crippen molar-refractivity contribution in [3.05, 3.63) is 54.0 Å². The minimum Gasteiger partial charge on any atom is -0.354 e. The zero-order valence-corrected chi connectivity index (χ0v) is 12.5. The standard InChI is InChI=1S/C16H17F3N4/c17-16(18,19)13-4-5-15(21-11-13)23-9-7-22(8-10-23)12-14-3-1-2-6-20-14/h1-6,11H,7-10,12H2. The monoisotopic (exact) mass is 322 g/mol. The Morgan fingerprint density at radius 1 is 0.957 bits per heavy atom. The van der Waals surface area contributed by atoms with Gasteiger partial charge in [0.05, 0.1) is 11.3 Å². The molecule has 2 aromatic heterocycles. The van der Waals surface area contributed by atoms with Crippen molar-refractivity contribution in [2.24, 2.45) is 0 Å². The van der Waals surface area contributed by atoms with Crippen LogP contribution in [0.3, 0.4) is 0 Å². The Balaban J connectivity index is 1.56. The number of piperazine rings is 1. The molecule has 1 fully saturated rings. The second kappa shape index (κ2) is 6.54. The smallest absolute Gasteiger partial charge is 0.354 e. The number of nitrogens with zero attached hydrogens (tertiary/aromatic N) is 4. The van der Waals surface area contributed by atoms with Gasteiger partial charge in [-0.15, -0.1) is 0 Å². The first-order chi connectivity index (χ1) is 11.0.